The molecular formula is C40H39BIN3O6. The van der Waals surface area contributed by atoms with E-state index in [0.717, 1.165) is 45.8 Å². The summed E-state index contributed by atoms with van der Waals surface area (Å²) in [4.78, 5) is 34.2. The van der Waals surface area contributed by atoms with Crippen molar-refractivity contribution >= 4 is 70.2 Å². The minimum Gasteiger partial charge on any atom is -0.504 e. The van der Waals surface area contributed by atoms with Crippen LogP contribution in [0.4, 0.5) is 17.1 Å². The number of carbonyl (C=O) groups is 2. The fourth-order valence-electron chi connectivity index (χ4n) is 7.89. The van der Waals surface area contributed by atoms with Crippen molar-refractivity contribution in [2.75, 3.05) is 17.3 Å². The van der Waals surface area contributed by atoms with Gasteiger partial charge in [-0.1, -0.05) is 36.8 Å². The standard InChI is InChI=1S/C40H39BIN3O6/c1-3-25-22-30-37(40(48)45(39(30)47)29-15-13-28(14-16-29)44-27-9-5-4-6-10-27)31-23-41(49)51-34(36(25)31)17-12-26(33-11-7-8-18-43-33)19-24-20-32(42)38(46)35(21-24)50-2/h4-11,13-16,18-21,30-31,34,37,44,46,49H,3,12,17,22-23H2,1-2H3/b26-19-/t30-,31+,34-,37-/m1/s1. The highest BCUT2D eigenvalue weighted by Gasteiger charge is 2.57. The highest BCUT2D eigenvalue weighted by molar-refractivity contribution is 14.1. The zero-order valence-electron chi connectivity index (χ0n) is 28.5. The Morgan fingerprint density at radius 3 is 2.49 bits per heavy atom. The molecule has 0 saturated carbocycles. The lowest BCUT2D eigenvalue weighted by atomic mass is 9.58. The van der Waals surface area contributed by atoms with Crippen molar-refractivity contribution in [3.63, 3.8) is 0 Å². The minimum atomic E-state index is -1.06. The normalized spacial score (nSPS) is 21.8. The van der Waals surface area contributed by atoms with Crippen LogP contribution in [0.15, 0.2) is 102 Å². The lowest BCUT2D eigenvalue weighted by molar-refractivity contribution is -0.122. The Morgan fingerprint density at radius 1 is 1.04 bits per heavy atom. The fraction of sp³-hybridized carbons (Fsp3) is 0.275. The number of fused-ring (bicyclic) bond motifs is 3. The molecule has 2 aliphatic heterocycles. The summed E-state index contributed by atoms with van der Waals surface area (Å²) in [6.07, 6.45) is 5.94. The molecule has 7 rings (SSSR count). The number of methoxy groups -OCH3 is 1. The third-order valence-electron chi connectivity index (χ3n) is 10.2. The van der Waals surface area contributed by atoms with E-state index in [4.69, 9.17) is 9.39 Å². The first kappa shape index (κ1) is 35.0. The number of pyridine rings is 1. The SMILES string of the molecule is CCC1=C2[C@@H](CC/C(=C/c3cc(I)c(O)c(OC)c3)c3ccccn3)OB(O)C[C@@H]2[C@@H]2C(=O)N(c3ccc(Nc4ccccc4)cc3)C(=O)[C@@H]2C1. The molecule has 2 fully saturated rings. The molecule has 3 heterocycles. The van der Waals surface area contributed by atoms with Gasteiger partial charge in [-0.05, 0) is 144 Å². The molecule has 3 N–H and O–H groups in total. The van der Waals surface area contributed by atoms with Crippen molar-refractivity contribution in [1.29, 1.82) is 0 Å². The molecule has 3 aliphatic rings. The summed E-state index contributed by atoms with van der Waals surface area (Å²) in [7, 11) is 0.460. The van der Waals surface area contributed by atoms with Gasteiger partial charge in [0.05, 0.1) is 40.0 Å². The minimum absolute atomic E-state index is 0.0931. The van der Waals surface area contributed by atoms with Gasteiger partial charge in [0.25, 0.3) is 0 Å². The highest BCUT2D eigenvalue weighted by Crippen LogP contribution is 2.52. The number of allylic oxidation sites excluding steroid dienone is 2. The predicted octanol–water partition coefficient (Wildman–Crippen LogP) is 7.88. The second-order valence-electron chi connectivity index (χ2n) is 13.2. The number of anilines is 3. The molecule has 260 valence electrons. The second-order valence-corrected chi connectivity index (χ2v) is 14.4. The Labute approximate surface area is 311 Å². The fourth-order valence-corrected chi connectivity index (χ4v) is 8.51. The zero-order valence-corrected chi connectivity index (χ0v) is 30.6. The number of nitrogens with zero attached hydrogens (tertiary/aromatic N) is 2. The molecule has 0 spiro atoms. The van der Waals surface area contributed by atoms with Gasteiger partial charge in [-0.15, -0.1) is 0 Å². The number of phenols is 1. The smallest absolute Gasteiger partial charge is 0.455 e. The number of hydrogen-bond donors (Lipinski definition) is 3. The van der Waals surface area contributed by atoms with E-state index >= 15 is 0 Å². The molecule has 2 saturated heterocycles. The number of carbonyl (C=O) groups excluding carboxylic acids is 2. The van der Waals surface area contributed by atoms with Crippen LogP contribution in [-0.2, 0) is 14.2 Å². The molecule has 0 radical (unpaired) electrons. The van der Waals surface area contributed by atoms with E-state index in [0.29, 0.717) is 34.3 Å². The molecule has 4 aromatic rings. The molecular weight excluding hydrogens is 756 g/mol. The Bertz CT molecular complexity index is 1990. The van der Waals surface area contributed by atoms with Gasteiger partial charge in [-0.3, -0.25) is 19.5 Å². The number of phenolic OH excluding ortho intramolecular Hbond substituents is 1. The monoisotopic (exact) mass is 795 g/mol. The first-order chi connectivity index (χ1) is 24.7. The summed E-state index contributed by atoms with van der Waals surface area (Å²) in [5.74, 6) is -1.28. The van der Waals surface area contributed by atoms with E-state index in [9.17, 15) is 19.7 Å². The Hall–Kier alpha value is -4.46. The van der Waals surface area contributed by atoms with Crippen molar-refractivity contribution in [2.24, 2.45) is 17.8 Å². The largest absolute Gasteiger partial charge is 0.504 e. The predicted molar refractivity (Wildman–Crippen MR) is 207 cm³/mol. The van der Waals surface area contributed by atoms with Crippen molar-refractivity contribution in [3.05, 3.63) is 117 Å². The number of rotatable bonds is 10. The van der Waals surface area contributed by atoms with Crippen molar-refractivity contribution in [1.82, 2.24) is 4.98 Å². The van der Waals surface area contributed by atoms with Gasteiger partial charge in [-0.25, -0.2) is 0 Å². The van der Waals surface area contributed by atoms with Crippen molar-refractivity contribution in [3.8, 4) is 11.5 Å². The van der Waals surface area contributed by atoms with Gasteiger partial charge in [-0.2, -0.15) is 0 Å². The van der Waals surface area contributed by atoms with Crippen LogP contribution in [0.5, 0.6) is 11.5 Å². The van der Waals surface area contributed by atoms with Crippen LogP contribution in [0.2, 0.25) is 6.32 Å². The lowest BCUT2D eigenvalue weighted by Gasteiger charge is -2.43. The molecule has 4 atom stereocenters. The Morgan fingerprint density at radius 2 is 1.78 bits per heavy atom. The summed E-state index contributed by atoms with van der Waals surface area (Å²) >= 11 is 2.08. The first-order valence-corrected chi connectivity index (χ1v) is 18.4. The summed E-state index contributed by atoms with van der Waals surface area (Å²) in [5, 5.41) is 24.8. The number of aromatic hydroxyl groups is 1. The topological polar surface area (TPSA) is 121 Å². The summed E-state index contributed by atoms with van der Waals surface area (Å²) in [5.41, 5.74) is 7.14. The molecule has 3 aromatic carbocycles. The van der Waals surface area contributed by atoms with Gasteiger partial charge in [0.1, 0.15) is 0 Å². The molecule has 0 bridgehead atoms. The van der Waals surface area contributed by atoms with Crippen LogP contribution >= 0.6 is 22.6 Å². The first-order valence-electron chi connectivity index (χ1n) is 17.3. The number of amides is 2. The quantitative estimate of drug-likeness (QED) is 0.0642. The molecule has 1 aromatic heterocycles. The molecule has 51 heavy (non-hydrogen) atoms. The summed E-state index contributed by atoms with van der Waals surface area (Å²) in [6.45, 7) is 2.08. The van der Waals surface area contributed by atoms with Gasteiger partial charge in [0, 0.05) is 17.6 Å². The van der Waals surface area contributed by atoms with Crippen LogP contribution < -0.4 is 15.0 Å². The molecule has 2 amide bonds. The average Bonchev–Trinajstić information content (AvgIpc) is 3.40. The maximum atomic E-state index is 14.2. The van der Waals surface area contributed by atoms with E-state index < -0.39 is 25.1 Å². The number of hydrogen-bond acceptors (Lipinski definition) is 8. The molecule has 11 heteroatoms. The zero-order chi connectivity index (χ0) is 35.6. The van der Waals surface area contributed by atoms with Gasteiger partial charge in [0.15, 0.2) is 11.5 Å². The number of aromatic nitrogens is 1. The third-order valence-corrected chi connectivity index (χ3v) is 11.0. The average molecular weight is 795 g/mol. The number of nitrogens with one attached hydrogen (secondary N) is 1. The number of imide groups is 1. The van der Waals surface area contributed by atoms with Gasteiger partial charge in [0.2, 0.25) is 11.8 Å². The highest BCUT2D eigenvalue weighted by atomic mass is 127. The van der Waals surface area contributed by atoms with Crippen LogP contribution in [0.1, 0.15) is 43.9 Å². The van der Waals surface area contributed by atoms with Crippen LogP contribution in [0.25, 0.3) is 11.6 Å². The van der Waals surface area contributed by atoms with Crippen LogP contribution in [-0.4, -0.2) is 47.3 Å². The van der Waals surface area contributed by atoms with E-state index in [1.807, 2.05) is 84.9 Å². The summed E-state index contributed by atoms with van der Waals surface area (Å²) in [6, 6.07) is 26.6. The van der Waals surface area contributed by atoms with E-state index in [1.54, 1.807) is 12.3 Å². The van der Waals surface area contributed by atoms with Crippen molar-refractivity contribution < 1.29 is 29.1 Å². The van der Waals surface area contributed by atoms with Crippen molar-refractivity contribution in [2.45, 2.75) is 45.0 Å². The van der Waals surface area contributed by atoms with Crippen LogP contribution in [0.3, 0.4) is 0 Å². The number of ether oxygens (including phenoxy) is 1. The number of para-hydroxylation sites is 1. The van der Waals surface area contributed by atoms with E-state index in [1.165, 1.54) is 12.0 Å². The molecule has 9 nitrogen and oxygen atoms in total. The van der Waals surface area contributed by atoms with E-state index in [-0.39, 0.29) is 29.8 Å². The third kappa shape index (κ3) is 7.07. The number of halogens is 1. The molecule has 1 aliphatic carbocycles. The van der Waals surface area contributed by atoms with Gasteiger partial charge >= 0.3 is 7.12 Å². The Kier molecular flexibility index (Phi) is 10.3. The Balaban J connectivity index is 1.15. The second kappa shape index (κ2) is 15.0. The maximum Gasteiger partial charge on any atom is 0.455 e. The van der Waals surface area contributed by atoms with Crippen LogP contribution in [0, 0.1) is 21.3 Å². The van der Waals surface area contributed by atoms with E-state index in [2.05, 4.69) is 39.8 Å². The summed E-state index contributed by atoms with van der Waals surface area (Å²) < 4.78 is 12.3. The lowest BCUT2D eigenvalue weighted by Crippen LogP contribution is -2.46. The molecule has 0 unspecified atom stereocenters. The maximum absolute atomic E-state index is 14.2. The number of benzene rings is 3. The van der Waals surface area contributed by atoms with Gasteiger partial charge < -0.3 is 24.8 Å².